The molecule has 0 saturated carbocycles. The first kappa shape index (κ1) is 12.7. The van der Waals surface area contributed by atoms with Crippen LogP contribution in [0.25, 0.3) is 22.3 Å². The number of hydrogen-bond donors (Lipinski definition) is 0. The van der Waals surface area contributed by atoms with E-state index in [-0.39, 0.29) is 0 Å². The van der Waals surface area contributed by atoms with E-state index in [9.17, 15) is 0 Å². The number of nitrogens with zero attached hydrogens (tertiary/aromatic N) is 2. The molecule has 0 amide bonds. The van der Waals surface area contributed by atoms with Crippen molar-refractivity contribution in [1.82, 2.24) is 9.97 Å². The van der Waals surface area contributed by atoms with Crippen molar-refractivity contribution >= 4 is 45.7 Å². The number of benzene rings is 2. The Kier molecular flexibility index (Phi) is 3.31. The van der Waals surface area contributed by atoms with E-state index in [0.717, 1.165) is 10.9 Å². The molecule has 0 unspecified atom stereocenters. The molecule has 0 aliphatic carbocycles. The zero-order valence-electron chi connectivity index (χ0n) is 9.57. The van der Waals surface area contributed by atoms with E-state index in [4.69, 9.17) is 34.8 Å². The van der Waals surface area contributed by atoms with E-state index in [1.54, 1.807) is 18.2 Å². The number of para-hydroxylation sites is 1. The predicted octanol–water partition coefficient (Wildman–Crippen LogP) is 5.26. The van der Waals surface area contributed by atoms with Gasteiger partial charge in [0.2, 0.25) is 0 Å². The van der Waals surface area contributed by atoms with Crippen LogP contribution in [0.1, 0.15) is 0 Å². The van der Waals surface area contributed by atoms with Crippen LogP contribution in [0.2, 0.25) is 15.2 Å². The zero-order chi connectivity index (χ0) is 13.4. The third-order valence-corrected chi connectivity index (χ3v) is 3.54. The molecule has 0 N–H and O–H groups in total. The molecule has 0 atom stereocenters. The van der Waals surface area contributed by atoms with Crippen LogP contribution < -0.4 is 0 Å². The van der Waals surface area contributed by atoms with Crippen LogP contribution in [0, 0.1) is 0 Å². The molecular formula is C14H7Cl3N2. The Bertz CT molecular complexity index is 772. The van der Waals surface area contributed by atoms with Gasteiger partial charge in [-0.15, -0.1) is 0 Å². The van der Waals surface area contributed by atoms with Crippen LogP contribution in [0.4, 0.5) is 0 Å². The fourth-order valence-electron chi connectivity index (χ4n) is 1.84. The van der Waals surface area contributed by atoms with Crippen molar-refractivity contribution in [3.63, 3.8) is 0 Å². The highest BCUT2D eigenvalue weighted by atomic mass is 35.5. The Hall–Kier alpha value is -1.35. The van der Waals surface area contributed by atoms with Gasteiger partial charge in [-0.25, -0.2) is 9.97 Å². The lowest BCUT2D eigenvalue weighted by atomic mass is 10.2. The summed E-state index contributed by atoms with van der Waals surface area (Å²) in [6, 6.07) is 12.7. The minimum atomic E-state index is 0.377. The van der Waals surface area contributed by atoms with Crippen molar-refractivity contribution in [1.29, 1.82) is 0 Å². The van der Waals surface area contributed by atoms with E-state index in [2.05, 4.69) is 9.97 Å². The van der Waals surface area contributed by atoms with Gasteiger partial charge in [-0.2, -0.15) is 0 Å². The average molecular weight is 310 g/mol. The number of aromatic nitrogens is 2. The molecule has 0 fully saturated rings. The molecule has 0 radical (unpaired) electrons. The third-order valence-electron chi connectivity index (χ3n) is 2.71. The molecule has 2 nitrogen and oxygen atoms in total. The highest BCUT2D eigenvalue weighted by Gasteiger charge is 2.10. The lowest BCUT2D eigenvalue weighted by Gasteiger charge is -2.06. The Morgan fingerprint density at radius 3 is 2.42 bits per heavy atom. The van der Waals surface area contributed by atoms with Gasteiger partial charge in [-0.3, -0.25) is 0 Å². The highest BCUT2D eigenvalue weighted by molar-refractivity contribution is 6.38. The van der Waals surface area contributed by atoms with Gasteiger partial charge in [0.15, 0.2) is 5.82 Å². The first-order valence-electron chi connectivity index (χ1n) is 5.53. The molecule has 1 aromatic heterocycles. The smallest absolute Gasteiger partial charge is 0.161 e. The molecule has 3 aromatic rings. The summed E-state index contributed by atoms with van der Waals surface area (Å²) in [5.74, 6) is 0.508. The van der Waals surface area contributed by atoms with E-state index in [0.29, 0.717) is 26.5 Å². The lowest BCUT2D eigenvalue weighted by molar-refractivity contribution is 1.23. The number of rotatable bonds is 1. The largest absolute Gasteiger partial charge is 0.226 e. The molecule has 94 valence electrons. The summed E-state index contributed by atoms with van der Waals surface area (Å²) in [6.45, 7) is 0. The normalized spacial score (nSPS) is 10.9. The monoisotopic (exact) mass is 308 g/mol. The SMILES string of the molecule is Clc1cccc(-c2nc(Cl)c3cccc(Cl)c3n2)c1. The second kappa shape index (κ2) is 4.97. The molecule has 2 aromatic carbocycles. The van der Waals surface area contributed by atoms with Gasteiger partial charge in [0.25, 0.3) is 0 Å². The number of hydrogen-bond acceptors (Lipinski definition) is 2. The van der Waals surface area contributed by atoms with Crippen molar-refractivity contribution in [3.05, 3.63) is 57.7 Å². The molecule has 19 heavy (non-hydrogen) atoms. The summed E-state index contributed by atoms with van der Waals surface area (Å²) in [6.07, 6.45) is 0. The first-order chi connectivity index (χ1) is 9.15. The van der Waals surface area contributed by atoms with Crippen LogP contribution in [0.5, 0.6) is 0 Å². The summed E-state index contributed by atoms with van der Waals surface area (Å²) < 4.78 is 0. The van der Waals surface area contributed by atoms with Gasteiger partial charge < -0.3 is 0 Å². The Labute approximate surface area is 125 Å². The third kappa shape index (κ3) is 2.39. The van der Waals surface area contributed by atoms with Crippen LogP contribution in [0.3, 0.4) is 0 Å². The maximum atomic E-state index is 6.18. The van der Waals surface area contributed by atoms with Crippen molar-refractivity contribution in [2.45, 2.75) is 0 Å². The van der Waals surface area contributed by atoms with E-state index in [1.807, 2.05) is 24.3 Å². The molecular weight excluding hydrogens is 303 g/mol. The molecule has 0 bridgehead atoms. The maximum absolute atomic E-state index is 6.18. The van der Waals surface area contributed by atoms with Crippen molar-refractivity contribution in [2.24, 2.45) is 0 Å². The molecule has 1 heterocycles. The molecule has 0 saturated heterocycles. The average Bonchev–Trinajstić information content (AvgIpc) is 2.40. The maximum Gasteiger partial charge on any atom is 0.161 e. The van der Waals surface area contributed by atoms with E-state index in [1.165, 1.54) is 0 Å². The summed E-state index contributed by atoms with van der Waals surface area (Å²) in [5, 5.41) is 2.28. The van der Waals surface area contributed by atoms with Gasteiger partial charge in [-0.05, 0) is 24.3 Å². The van der Waals surface area contributed by atoms with Crippen molar-refractivity contribution in [2.75, 3.05) is 0 Å². The summed E-state index contributed by atoms with van der Waals surface area (Å²) in [5.41, 5.74) is 1.44. The minimum Gasteiger partial charge on any atom is -0.226 e. The Balaban J connectivity index is 2.29. The van der Waals surface area contributed by atoms with Gasteiger partial charge in [0.1, 0.15) is 5.15 Å². The minimum absolute atomic E-state index is 0.377. The molecule has 3 rings (SSSR count). The van der Waals surface area contributed by atoms with Crippen molar-refractivity contribution in [3.8, 4) is 11.4 Å². The van der Waals surface area contributed by atoms with Crippen LogP contribution >= 0.6 is 34.8 Å². The Morgan fingerprint density at radius 1 is 0.842 bits per heavy atom. The number of fused-ring (bicyclic) bond motifs is 1. The topological polar surface area (TPSA) is 25.8 Å². The zero-order valence-corrected chi connectivity index (χ0v) is 11.8. The predicted molar refractivity (Wildman–Crippen MR) is 80.0 cm³/mol. The summed E-state index contributed by atoms with van der Waals surface area (Å²) in [4.78, 5) is 8.75. The van der Waals surface area contributed by atoms with E-state index >= 15 is 0 Å². The molecule has 5 heteroatoms. The fraction of sp³-hybridized carbons (Fsp3) is 0. The standard InChI is InChI=1S/C14H7Cl3N2/c15-9-4-1-3-8(7-9)14-18-12-10(13(17)19-14)5-2-6-11(12)16/h1-7H. The molecule has 0 spiro atoms. The van der Waals surface area contributed by atoms with E-state index < -0.39 is 0 Å². The molecule has 0 aliphatic rings. The number of halogens is 3. The fourth-order valence-corrected chi connectivity index (χ4v) is 2.48. The second-order valence-corrected chi connectivity index (χ2v) is 5.19. The first-order valence-corrected chi connectivity index (χ1v) is 6.66. The van der Waals surface area contributed by atoms with Gasteiger partial charge in [-0.1, -0.05) is 53.0 Å². The summed E-state index contributed by atoms with van der Waals surface area (Å²) >= 11 is 18.3. The van der Waals surface area contributed by atoms with Crippen LogP contribution in [-0.4, -0.2) is 9.97 Å². The van der Waals surface area contributed by atoms with Crippen LogP contribution in [0.15, 0.2) is 42.5 Å². The van der Waals surface area contributed by atoms with Crippen LogP contribution in [-0.2, 0) is 0 Å². The van der Waals surface area contributed by atoms with Gasteiger partial charge in [0.05, 0.1) is 10.5 Å². The summed E-state index contributed by atoms with van der Waals surface area (Å²) in [7, 11) is 0. The van der Waals surface area contributed by atoms with Gasteiger partial charge >= 0.3 is 0 Å². The Morgan fingerprint density at radius 2 is 1.63 bits per heavy atom. The lowest BCUT2D eigenvalue weighted by Crippen LogP contribution is -1.92. The van der Waals surface area contributed by atoms with Gasteiger partial charge in [0, 0.05) is 16.0 Å². The quantitative estimate of drug-likeness (QED) is 0.573. The second-order valence-electron chi connectivity index (χ2n) is 3.98. The highest BCUT2D eigenvalue weighted by Crippen LogP contribution is 2.29. The molecule has 0 aliphatic heterocycles. The van der Waals surface area contributed by atoms with Crippen molar-refractivity contribution < 1.29 is 0 Å².